The number of hydrogen-bond donors (Lipinski definition) is 3. The molecule has 4 aromatic rings. The third kappa shape index (κ3) is 15.4. The van der Waals surface area contributed by atoms with E-state index >= 15 is 0 Å². The summed E-state index contributed by atoms with van der Waals surface area (Å²) in [5.74, 6) is 7.29. The van der Waals surface area contributed by atoms with Gasteiger partial charge in [-0.3, -0.25) is 4.79 Å². The van der Waals surface area contributed by atoms with E-state index in [0.717, 1.165) is 46.4 Å². The van der Waals surface area contributed by atoms with Crippen molar-refractivity contribution >= 4 is 5.97 Å². The van der Waals surface area contributed by atoms with Crippen LogP contribution in [0.3, 0.4) is 0 Å². The number of aliphatic hydroxyl groups excluding tert-OH is 2. The van der Waals surface area contributed by atoms with Gasteiger partial charge in [-0.1, -0.05) is 88.1 Å². The van der Waals surface area contributed by atoms with Gasteiger partial charge >= 0.3 is 41.9 Å². The minimum atomic E-state index is -6.02. The maximum Gasteiger partial charge on any atom is 0.438 e. The van der Waals surface area contributed by atoms with Crippen molar-refractivity contribution in [3.63, 3.8) is 0 Å². The molecule has 446 valence electrons. The Hall–Kier alpha value is -5.97. The van der Waals surface area contributed by atoms with Crippen LogP contribution in [0, 0.1) is 51.4 Å². The molecule has 0 unspecified atom stereocenters. The quantitative estimate of drug-likeness (QED) is 0.0343. The average molecular weight is 1160 g/mol. The number of alkyl halides is 12. The maximum atomic E-state index is 13.7. The van der Waals surface area contributed by atoms with E-state index in [0.29, 0.717) is 74.0 Å². The summed E-state index contributed by atoms with van der Waals surface area (Å²) in [6.45, 7) is 13.9. The predicted octanol–water partition coefficient (Wildman–Crippen LogP) is 13.5. The van der Waals surface area contributed by atoms with Crippen molar-refractivity contribution in [3.8, 4) is 35.2 Å². The highest BCUT2D eigenvalue weighted by atomic mass is 19.4. The third-order valence-electron chi connectivity index (χ3n) is 14.7. The van der Waals surface area contributed by atoms with Gasteiger partial charge in [0.15, 0.2) is 0 Å². The van der Waals surface area contributed by atoms with Crippen molar-refractivity contribution < 1.29 is 96.5 Å². The summed E-state index contributed by atoms with van der Waals surface area (Å²) < 4.78 is 185. The van der Waals surface area contributed by atoms with E-state index in [9.17, 15) is 67.7 Å². The fourth-order valence-corrected chi connectivity index (χ4v) is 9.63. The third-order valence-corrected chi connectivity index (χ3v) is 14.7. The number of rotatable bonds is 20. The minimum Gasteiger partial charge on any atom is -0.491 e. The standard InChI is InChI=1S/C31H34F6O5.C29H34F6O4/c1-6-28(7-2,24-10-12-26(21(4)17-24)40-18-25-11-13-27(38)42-25)23-9-8-22(20(3)16-23)14-15-29(30(32,33)34,31(35,36)37)41-19-39-5;1-5-26(6-2,23-11-12-25(20(4)17-23)39-18-24(37)8-7-15-36)22-10-9-21(19(3)16-22)13-14-27(38,28(30,31)32)29(33,34)35/h8-10,12,16-17,25H,6-7,11,13,18-19H2,1-5H3;9-12,16-17,24,36-38H,5-8,15,18H2,1-4H3/t25-;24-/m11/s1. The Morgan fingerprint density at radius 2 is 1.04 bits per heavy atom. The van der Waals surface area contributed by atoms with E-state index in [1.807, 2.05) is 77.8 Å². The molecule has 0 saturated carbocycles. The molecule has 81 heavy (non-hydrogen) atoms. The van der Waals surface area contributed by atoms with Gasteiger partial charge in [0.05, 0.1) is 6.10 Å². The second kappa shape index (κ2) is 27.4. The van der Waals surface area contributed by atoms with Crippen LogP contribution in [0.15, 0.2) is 72.8 Å². The Kier molecular flexibility index (Phi) is 22.8. The Bertz CT molecular complexity index is 2850. The molecule has 0 aliphatic carbocycles. The minimum absolute atomic E-state index is 0.00582. The van der Waals surface area contributed by atoms with Gasteiger partial charge < -0.3 is 39.0 Å². The van der Waals surface area contributed by atoms with Crippen LogP contribution >= 0.6 is 0 Å². The first-order chi connectivity index (χ1) is 37.7. The smallest absolute Gasteiger partial charge is 0.438 e. The molecule has 0 amide bonds. The number of aryl methyl sites for hydroxylation is 4. The number of carbonyl (C=O) groups excluding carboxylic acids is 1. The second-order valence-electron chi connectivity index (χ2n) is 19.8. The molecule has 1 aliphatic heterocycles. The van der Waals surface area contributed by atoms with Crippen LogP contribution in [0.1, 0.15) is 135 Å². The SMILES string of the molecule is CCC(CC)(c1ccc(C#CC(O)(C(F)(F)F)C(F)(F)F)c(C)c1)c1ccc(OC[C@H](O)CCCO)c(C)c1.CCC(CC)(c1ccc(C#CC(OCOC)(C(F)(F)F)C(F)(F)F)c(C)c1)c1ccc(OC[C@H]2CCC(=O)O2)c(C)c1. The van der Waals surface area contributed by atoms with Crippen LogP contribution in [0.2, 0.25) is 0 Å². The number of carbonyl (C=O) groups is 1. The molecule has 0 aromatic heterocycles. The van der Waals surface area contributed by atoms with Gasteiger partial charge in [-0.05, 0) is 153 Å². The number of hydrogen-bond acceptors (Lipinski definition) is 9. The summed E-state index contributed by atoms with van der Waals surface area (Å²) in [6.07, 6.45) is -20.3. The molecule has 0 bridgehead atoms. The lowest BCUT2D eigenvalue weighted by Gasteiger charge is -2.34. The van der Waals surface area contributed by atoms with Crippen molar-refractivity contribution in [2.45, 2.75) is 166 Å². The van der Waals surface area contributed by atoms with E-state index in [1.165, 1.54) is 25.0 Å². The molecule has 21 heteroatoms. The van der Waals surface area contributed by atoms with E-state index in [4.69, 9.17) is 19.3 Å². The van der Waals surface area contributed by atoms with E-state index in [-0.39, 0.29) is 43.0 Å². The van der Waals surface area contributed by atoms with E-state index in [2.05, 4.69) is 15.4 Å². The van der Waals surface area contributed by atoms with Crippen LogP contribution in [-0.4, -0.2) is 103 Å². The highest BCUT2D eigenvalue weighted by Crippen LogP contribution is 2.47. The first kappa shape index (κ1) is 67.5. The first-order valence-corrected chi connectivity index (χ1v) is 26.1. The fraction of sp³-hybridized carbons (Fsp3) is 0.517. The summed E-state index contributed by atoms with van der Waals surface area (Å²) in [7, 11) is 0.915. The number of ether oxygens (including phenoxy) is 5. The normalized spacial score (nSPS) is 14.9. The van der Waals surface area contributed by atoms with Crippen LogP contribution in [0.4, 0.5) is 52.7 Å². The van der Waals surface area contributed by atoms with Crippen molar-refractivity contribution in [2.24, 2.45) is 0 Å². The zero-order chi connectivity index (χ0) is 61.0. The molecule has 1 heterocycles. The Labute approximate surface area is 464 Å². The lowest BCUT2D eigenvalue weighted by Crippen LogP contribution is -2.58. The van der Waals surface area contributed by atoms with Crippen molar-refractivity contribution in [1.29, 1.82) is 0 Å². The zero-order valence-electron chi connectivity index (χ0n) is 46.4. The lowest BCUT2D eigenvalue weighted by atomic mass is 9.70. The van der Waals surface area contributed by atoms with Crippen molar-refractivity contribution in [2.75, 3.05) is 33.7 Å². The second-order valence-corrected chi connectivity index (χ2v) is 19.8. The van der Waals surface area contributed by atoms with Crippen molar-refractivity contribution in [3.05, 3.63) is 128 Å². The molecule has 0 radical (unpaired) electrons. The molecule has 1 saturated heterocycles. The molecule has 0 spiro atoms. The summed E-state index contributed by atoms with van der Waals surface area (Å²) >= 11 is 0. The van der Waals surface area contributed by atoms with Crippen LogP contribution in [0.5, 0.6) is 11.5 Å². The largest absolute Gasteiger partial charge is 0.491 e. The summed E-state index contributed by atoms with van der Waals surface area (Å²) in [6, 6.07) is 21.0. The fourth-order valence-electron chi connectivity index (χ4n) is 9.63. The monoisotopic (exact) mass is 1160 g/mol. The van der Waals surface area contributed by atoms with Gasteiger partial charge in [0.25, 0.3) is 0 Å². The van der Waals surface area contributed by atoms with Gasteiger partial charge in [0.2, 0.25) is 0 Å². The highest BCUT2D eigenvalue weighted by Gasteiger charge is 2.73. The Balaban J connectivity index is 0.000000350. The highest BCUT2D eigenvalue weighted by molar-refractivity contribution is 5.71. The van der Waals surface area contributed by atoms with Gasteiger partial charge in [-0.25, -0.2) is 0 Å². The van der Waals surface area contributed by atoms with Gasteiger partial charge in [0.1, 0.15) is 37.6 Å². The molecule has 2 atom stereocenters. The van der Waals surface area contributed by atoms with Crippen LogP contribution in [-0.2, 0) is 29.8 Å². The summed E-state index contributed by atoms with van der Waals surface area (Å²) in [4.78, 5) is 11.3. The van der Waals surface area contributed by atoms with Gasteiger partial charge in [-0.2, -0.15) is 52.7 Å². The van der Waals surface area contributed by atoms with Gasteiger partial charge in [-0.15, -0.1) is 0 Å². The van der Waals surface area contributed by atoms with E-state index in [1.54, 1.807) is 37.3 Å². The number of cyclic esters (lactones) is 1. The summed E-state index contributed by atoms with van der Waals surface area (Å²) in [5.41, 5.74) is -4.87. The number of esters is 1. The molecular weight excluding hydrogens is 1090 g/mol. The van der Waals surface area contributed by atoms with Crippen molar-refractivity contribution in [1.82, 2.24) is 0 Å². The Morgan fingerprint density at radius 1 is 0.617 bits per heavy atom. The molecule has 4 aromatic carbocycles. The molecule has 1 aliphatic rings. The molecule has 3 N–H and O–H groups in total. The number of benzene rings is 4. The maximum absolute atomic E-state index is 13.7. The predicted molar refractivity (Wildman–Crippen MR) is 278 cm³/mol. The Morgan fingerprint density at radius 3 is 1.40 bits per heavy atom. The van der Waals surface area contributed by atoms with Crippen LogP contribution in [0.25, 0.3) is 0 Å². The number of halogens is 12. The first-order valence-electron chi connectivity index (χ1n) is 26.1. The molecule has 5 rings (SSSR count). The van der Waals surface area contributed by atoms with Gasteiger partial charge in [0, 0.05) is 42.1 Å². The van der Waals surface area contributed by atoms with Crippen LogP contribution < -0.4 is 9.47 Å². The van der Waals surface area contributed by atoms with E-state index < -0.39 is 59.6 Å². The molecular formula is C60H68F12O9. The average Bonchev–Trinajstić information content (AvgIpc) is 4.01. The summed E-state index contributed by atoms with van der Waals surface area (Å²) in [5, 5.41) is 28.2. The number of aliphatic hydroxyl groups is 3. The topological polar surface area (TPSA) is 124 Å². The number of methoxy groups -OCH3 is 1. The lowest BCUT2D eigenvalue weighted by molar-refractivity contribution is -0.368. The zero-order valence-corrected chi connectivity index (χ0v) is 46.4. The molecule has 9 nitrogen and oxygen atoms in total. The molecule has 1 fully saturated rings.